The fourth-order valence-corrected chi connectivity index (χ4v) is 2.70. The van der Waals surface area contributed by atoms with Gasteiger partial charge >= 0.3 is 0 Å². The van der Waals surface area contributed by atoms with Gasteiger partial charge in [0.15, 0.2) is 5.82 Å². The molecule has 2 aromatic heterocycles. The van der Waals surface area contributed by atoms with E-state index in [1.165, 1.54) is 11.3 Å². The number of aromatic nitrogens is 4. The Morgan fingerprint density at radius 3 is 2.64 bits per heavy atom. The first kappa shape index (κ1) is 14.5. The predicted molar refractivity (Wildman–Crippen MR) is 83.7 cm³/mol. The van der Waals surface area contributed by atoms with Crippen LogP contribution in [0.15, 0.2) is 24.3 Å². The first-order valence-corrected chi connectivity index (χ1v) is 7.57. The topological polar surface area (TPSA) is 81.4 Å². The maximum absolute atomic E-state index is 12.2. The highest BCUT2D eigenvalue weighted by Gasteiger charge is 2.16. The summed E-state index contributed by atoms with van der Waals surface area (Å²) in [6.07, 6.45) is 0. The lowest BCUT2D eigenvalue weighted by Gasteiger charge is -2.03. The third-order valence-electron chi connectivity index (χ3n) is 3.10. The van der Waals surface area contributed by atoms with Gasteiger partial charge in [0.2, 0.25) is 10.1 Å². The number of hydrogen-bond acceptors (Lipinski definition) is 6. The summed E-state index contributed by atoms with van der Waals surface area (Å²) in [4.78, 5) is 12.9. The molecule has 0 saturated heterocycles. The van der Waals surface area contributed by atoms with Crippen molar-refractivity contribution in [2.45, 2.75) is 19.8 Å². The zero-order chi connectivity index (χ0) is 15.7. The lowest BCUT2D eigenvalue weighted by Crippen LogP contribution is -2.12. The van der Waals surface area contributed by atoms with E-state index in [4.69, 9.17) is 4.74 Å². The highest BCUT2D eigenvalue weighted by Crippen LogP contribution is 2.22. The number of benzene rings is 1. The van der Waals surface area contributed by atoms with Crippen molar-refractivity contribution in [2.75, 3.05) is 12.4 Å². The zero-order valence-electron chi connectivity index (χ0n) is 12.4. The molecule has 0 aliphatic carbocycles. The molecule has 3 aromatic rings. The average molecular weight is 317 g/mol. The van der Waals surface area contributed by atoms with Gasteiger partial charge in [-0.25, -0.2) is 0 Å². The molecule has 22 heavy (non-hydrogen) atoms. The second-order valence-corrected chi connectivity index (χ2v) is 5.95. The number of anilines is 1. The number of nitrogens with zero attached hydrogens (tertiary/aromatic N) is 4. The summed E-state index contributed by atoms with van der Waals surface area (Å²) in [5.41, 5.74) is 0.538. The Morgan fingerprint density at radius 2 is 2.00 bits per heavy atom. The van der Waals surface area contributed by atoms with Crippen molar-refractivity contribution >= 4 is 27.3 Å². The second-order valence-electron chi connectivity index (χ2n) is 5.00. The molecular formula is C14H15N5O2S. The molecule has 3 rings (SSSR count). The number of rotatable bonds is 4. The molecule has 1 aromatic carbocycles. The number of hydrogen-bond donors (Lipinski definition) is 1. The fourth-order valence-electron chi connectivity index (χ4n) is 1.95. The summed E-state index contributed by atoms with van der Waals surface area (Å²) in [6, 6.07) is 6.89. The summed E-state index contributed by atoms with van der Waals surface area (Å²) in [5.74, 6) is 1.47. The van der Waals surface area contributed by atoms with Crippen molar-refractivity contribution in [3.63, 3.8) is 0 Å². The second kappa shape index (κ2) is 5.72. The smallest absolute Gasteiger partial charge is 0.257 e. The van der Waals surface area contributed by atoms with Crippen molar-refractivity contribution in [1.82, 2.24) is 19.8 Å². The minimum Gasteiger partial charge on any atom is -0.497 e. The number of amides is 1. The van der Waals surface area contributed by atoms with E-state index in [9.17, 15) is 4.79 Å². The monoisotopic (exact) mass is 317 g/mol. The van der Waals surface area contributed by atoms with E-state index in [1.54, 1.807) is 35.9 Å². The molecule has 114 valence electrons. The standard InChI is InChI=1S/C14H15N5O2S/c1-8(2)11-16-17-14-19(11)18-13(22-14)15-12(20)9-4-6-10(21-3)7-5-9/h4-8H,1-3H3,(H,15,18,20). The van der Waals surface area contributed by atoms with Gasteiger partial charge in [-0.2, -0.15) is 4.52 Å². The molecule has 1 N–H and O–H groups in total. The van der Waals surface area contributed by atoms with Crippen molar-refractivity contribution in [1.29, 1.82) is 0 Å². The van der Waals surface area contributed by atoms with Gasteiger partial charge in [-0.3, -0.25) is 10.1 Å². The lowest BCUT2D eigenvalue weighted by atomic mass is 10.2. The Labute approximate surface area is 130 Å². The molecule has 7 nitrogen and oxygen atoms in total. The summed E-state index contributed by atoms with van der Waals surface area (Å²) in [6.45, 7) is 4.04. The van der Waals surface area contributed by atoms with Crippen LogP contribution in [0.4, 0.5) is 5.13 Å². The third kappa shape index (κ3) is 2.64. The summed E-state index contributed by atoms with van der Waals surface area (Å²) in [7, 11) is 1.58. The Hall–Kier alpha value is -2.48. The molecule has 8 heteroatoms. The predicted octanol–water partition coefficient (Wildman–Crippen LogP) is 2.57. The molecule has 0 aliphatic rings. The van der Waals surface area contributed by atoms with Gasteiger partial charge in [-0.05, 0) is 24.3 Å². The summed E-state index contributed by atoms with van der Waals surface area (Å²) in [5, 5.41) is 15.8. The van der Waals surface area contributed by atoms with Crippen LogP contribution in [0.25, 0.3) is 4.96 Å². The Morgan fingerprint density at radius 1 is 1.27 bits per heavy atom. The minimum absolute atomic E-state index is 0.210. The molecule has 0 spiro atoms. The lowest BCUT2D eigenvalue weighted by molar-refractivity contribution is 0.102. The van der Waals surface area contributed by atoms with Gasteiger partial charge in [0, 0.05) is 11.5 Å². The van der Waals surface area contributed by atoms with E-state index >= 15 is 0 Å². The van der Waals surface area contributed by atoms with Crippen molar-refractivity contribution in [3.05, 3.63) is 35.7 Å². The van der Waals surface area contributed by atoms with Crippen molar-refractivity contribution in [3.8, 4) is 5.75 Å². The zero-order valence-corrected chi connectivity index (χ0v) is 13.2. The quantitative estimate of drug-likeness (QED) is 0.800. The van der Waals surface area contributed by atoms with Gasteiger partial charge in [-0.15, -0.1) is 15.3 Å². The van der Waals surface area contributed by atoms with E-state index in [2.05, 4.69) is 20.6 Å². The molecule has 0 fully saturated rings. The Bertz CT molecular complexity index is 806. The van der Waals surface area contributed by atoms with Crippen LogP contribution >= 0.6 is 11.3 Å². The molecule has 1 amide bonds. The van der Waals surface area contributed by atoms with E-state index in [0.717, 1.165) is 5.82 Å². The van der Waals surface area contributed by atoms with Crippen LogP contribution in [0, 0.1) is 0 Å². The van der Waals surface area contributed by atoms with Crippen LogP contribution in [0.5, 0.6) is 5.75 Å². The van der Waals surface area contributed by atoms with Gasteiger partial charge in [-0.1, -0.05) is 25.2 Å². The van der Waals surface area contributed by atoms with Crippen LogP contribution in [0.3, 0.4) is 0 Å². The van der Waals surface area contributed by atoms with E-state index in [1.807, 2.05) is 13.8 Å². The van der Waals surface area contributed by atoms with Crippen LogP contribution < -0.4 is 10.1 Å². The number of ether oxygens (including phenoxy) is 1. The van der Waals surface area contributed by atoms with Crippen LogP contribution in [-0.2, 0) is 0 Å². The van der Waals surface area contributed by atoms with Crippen LogP contribution in [-0.4, -0.2) is 32.8 Å². The van der Waals surface area contributed by atoms with E-state index in [0.29, 0.717) is 21.4 Å². The number of nitrogens with one attached hydrogen (secondary N) is 1. The SMILES string of the molecule is COc1ccc(C(=O)Nc2nn3c(C(C)C)nnc3s2)cc1. The minimum atomic E-state index is -0.223. The highest BCUT2D eigenvalue weighted by molar-refractivity contribution is 7.20. The number of methoxy groups -OCH3 is 1. The fraction of sp³-hybridized carbons (Fsp3) is 0.286. The number of fused-ring (bicyclic) bond motifs is 1. The molecule has 0 atom stereocenters. The normalized spacial score (nSPS) is 11.1. The summed E-state index contributed by atoms with van der Waals surface area (Å²) >= 11 is 1.29. The third-order valence-corrected chi connectivity index (χ3v) is 3.92. The van der Waals surface area contributed by atoms with Gasteiger partial charge in [0.25, 0.3) is 5.91 Å². The van der Waals surface area contributed by atoms with Gasteiger partial charge in [0.1, 0.15) is 5.75 Å². The molecular weight excluding hydrogens is 302 g/mol. The number of carbonyl (C=O) groups excluding carboxylic acids is 1. The maximum atomic E-state index is 12.2. The van der Waals surface area contributed by atoms with Gasteiger partial charge < -0.3 is 4.74 Å². The van der Waals surface area contributed by atoms with Crippen molar-refractivity contribution < 1.29 is 9.53 Å². The van der Waals surface area contributed by atoms with E-state index < -0.39 is 0 Å². The summed E-state index contributed by atoms with van der Waals surface area (Å²) < 4.78 is 6.74. The van der Waals surface area contributed by atoms with E-state index in [-0.39, 0.29) is 11.8 Å². The Kier molecular flexibility index (Phi) is 3.76. The van der Waals surface area contributed by atoms with Gasteiger partial charge in [0.05, 0.1) is 7.11 Å². The first-order chi connectivity index (χ1) is 10.6. The molecule has 2 heterocycles. The average Bonchev–Trinajstić information content (AvgIpc) is 3.06. The van der Waals surface area contributed by atoms with Crippen molar-refractivity contribution in [2.24, 2.45) is 0 Å². The maximum Gasteiger partial charge on any atom is 0.257 e. The molecule has 0 saturated carbocycles. The molecule has 0 unspecified atom stereocenters. The first-order valence-electron chi connectivity index (χ1n) is 6.76. The molecule has 0 bridgehead atoms. The molecule has 0 radical (unpaired) electrons. The number of carbonyl (C=O) groups is 1. The Balaban J connectivity index is 1.81. The van der Waals surface area contributed by atoms with Crippen LogP contribution in [0.2, 0.25) is 0 Å². The highest BCUT2D eigenvalue weighted by atomic mass is 32.1. The molecule has 0 aliphatic heterocycles. The largest absolute Gasteiger partial charge is 0.497 e. The van der Waals surface area contributed by atoms with Crippen LogP contribution in [0.1, 0.15) is 35.9 Å².